The number of halogens is 2. The maximum Gasteiger partial charge on any atom is 0.409 e. The third kappa shape index (κ3) is 4.31. The molecule has 2 aliphatic rings. The lowest BCUT2D eigenvalue weighted by molar-refractivity contribution is -0.141. The first-order valence-electron chi connectivity index (χ1n) is 10.6. The SMILES string of the molecule is Cl.O=C(O)[C@@H]1CN(C(=O)OCC2c3ccccc3-c3ccccc32)C[C@H]1c1ccc(Cl)cc1. The van der Waals surface area contributed by atoms with E-state index in [0.717, 1.165) is 16.7 Å². The van der Waals surface area contributed by atoms with Crippen LogP contribution in [0.1, 0.15) is 28.5 Å². The van der Waals surface area contributed by atoms with Crippen LogP contribution in [0.2, 0.25) is 5.02 Å². The van der Waals surface area contributed by atoms with Gasteiger partial charge in [0.15, 0.2) is 0 Å². The van der Waals surface area contributed by atoms with Gasteiger partial charge < -0.3 is 14.7 Å². The number of benzene rings is 3. The van der Waals surface area contributed by atoms with Gasteiger partial charge in [0.2, 0.25) is 0 Å². The van der Waals surface area contributed by atoms with Crippen molar-refractivity contribution < 1.29 is 19.4 Å². The van der Waals surface area contributed by atoms with Crippen LogP contribution in [-0.2, 0) is 9.53 Å². The van der Waals surface area contributed by atoms with Crippen LogP contribution in [0, 0.1) is 5.92 Å². The van der Waals surface area contributed by atoms with Crippen LogP contribution in [0.3, 0.4) is 0 Å². The van der Waals surface area contributed by atoms with Gasteiger partial charge in [-0.2, -0.15) is 0 Å². The van der Waals surface area contributed by atoms with E-state index in [1.54, 1.807) is 12.1 Å². The van der Waals surface area contributed by atoms with Crippen LogP contribution in [0.15, 0.2) is 72.8 Å². The molecule has 0 spiro atoms. The van der Waals surface area contributed by atoms with Crippen molar-refractivity contribution in [1.29, 1.82) is 0 Å². The number of fused-ring (bicyclic) bond motifs is 3. The van der Waals surface area contributed by atoms with Gasteiger partial charge in [-0.1, -0.05) is 72.3 Å². The maximum atomic E-state index is 12.9. The number of hydrogen-bond donors (Lipinski definition) is 1. The summed E-state index contributed by atoms with van der Waals surface area (Å²) >= 11 is 5.97. The summed E-state index contributed by atoms with van der Waals surface area (Å²) in [6.45, 7) is 0.640. The van der Waals surface area contributed by atoms with Gasteiger partial charge in [0.1, 0.15) is 6.61 Å². The van der Waals surface area contributed by atoms with Crippen LogP contribution < -0.4 is 0 Å². The molecule has 1 saturated heterocycles. The average molecular weight is 484 g/mol. The van der Waals surface area contributed by atoms with Gasteiger partial charge in [0.25, 0.3) is 0 Å². The van der Waals surface area contributed by atoms with Gasteiger partial charge in [-0.15, -0.1) is 12.4 Å². The summed E-state index contributed by atoms with van der Waals surface area (Å²) in [6, 6.07) is 23.5. The fourth-order valence-electron chi connectivity index (χ4n) is 4.94. The minimum Gasteiger partial charge on any atom is -0.481 e. The molecule has 1 heterocycles. The molecule has 5 rings (SSSR count). The molecule has 7 heteroatoms. The van der Waals surface area contributed by atoms with Crippen LogP contribution in [0.25, 0.3) is 11.1 Å². The zero-order valence-electron chi connectivity index (χ0n) is 17.7. The number of carbonyl (C=O) groups excluding carboxylic acids is 1. The third-order valence-corrected chi connectivity index (χ3v) is 6.78. The van der Waals surface area contributed by atoms with E-state index in [-0.39, 0.29) is 37.4 Å². The van der Waals surface area contributed by atoms with E-state index in [0.29, 0.717) is 11.6 Å². The molecular weight excluding hydrogens is 461 g/mol. The molecule has 0 aromatic heterocycles. The first-order valence-corrected chi connectivity index (χ1v) is 11.0. The Bertz CT molecular complexity index is 1140. The monoisotopic (exact) mass is 483 g/mol. The van der Waals surface area contributed by atoms with Crippen molar-refractivity contribution in [3.8, 4) is 11.1 Å². The Hall–Kier alpha value is -3.02. The highest BCUT2D eigenvalue weighted by Crippen LogP contribution is 2.44. The van der Waals surface area contributed by atoms with Crippen molar-refractivity contribution in [2.75, 3.05) is 19.7 Å². The van der Waals surface area contributed by atoms with Crippen molar-refractivity contribution in [2.45, 2.75) is 11.8 Å². The van der Waals surface area contributed by atoms with E-state index in [1.807, 2.05) is 36.4 Å². The van der Waals surface area contributed by atoms with Crippen LogP contribution in [0.5, 0.6) is 0 Å². The standard InChI is InChI=1S/C26H22ClNO4.ClH/c27-17-11-9-16(10-12-17)22-13-28(14-23(22)25(29)30)26(31)32-15-24-20-7-3-1-5-18(20)19-6-2-4-8-21(19)24;/h1-12,22-24H,13-15H2,(H,29,30);1H/t22-,23+;/m0./s1. The summed E-state index contributed by atoms with van der Waals surface area (Å²) in [6.07, 6.45) is -0.477. The second-order valence-electron chi connectivity index (χ2n) is 8.31. The number of carboxylic acids is 1. The quantitative estimate of drug-likeness (QED) is 0.508. The van der Waals surface area contributed by atoms with E-state index >= 15 is 0 Å². The number of carbonyl (C=O) groups is 2. The van der Waals surface area contributed by atoms with Crippen molar-refractivity contribution in [2.24, 2.45) is 5.92 Å². The van der Waals surface area contributed by atoms with Gasteiger partial charge >= 0.3 is 12.1 Å². The molecule has 5 nitrogen and oxygen atoms in total. The summed E-state index contributed by atoms with van der Waals surface area (Å²) in [5, 5.41) is 10.3. The third-order valence-electron chi connectivity index (χ3n) is 6.53. The number of ether oxygens (including phenoxy) is 1. The molecule has 3 aromatic rings. The normalized spacial score (nSPS) is 18.9. The second-order valence-corrected chi connectivity index (χ2v) is 8.75. The lowest BCUT2D eigenvalue weighted by Gasteiger charge is -2.19. The highest BCUT2D eigenvalue weighted by Gasteiger charge is 2.41. The number of amides is 1. The minimum atomic E-state index is -0.918. The summed E-state index contributed by atoms with van der Waals surface area (Å²) in [5.74, 6) is -1.93. The number of carboxylic acid groups (broad SMARTS) is 1. The molecule has 0 unspecified atom stereocenters. The van der Waals surface area contributed by atoms with E-state index in [9.17, 15) is 14.7 Å². The Labute approximate surface area is 203 Å². The molecule has 2 atom stereocenters. The van der Waals surface area contributed by atoms with Gasteiger partial charge in [0, 0.05) is 29.9 Å². The zero-order valence-corrected chi connectivity index (χ0v) is 19.3. The summed E-state index contributed by atoms with van der Waals surface area (Å²) in [7, 11) is 0. The van der Waals surface area contributed by atoms with E-state index in [2.05, 4.69) is 24.3 Å². The Balaban J connectivity index is 0.00000259. The van der Waals surface area contributed by atoms with E-state index in [4.69, 9.17) is 16.3 Å². The molecule has 1 amide bonds. The van der Waals surface area contributed by atoms with Crippen molar-refractivity contribution in [1.82, 2.24) is 4.90 Å². The second kappa shape index (κ2) is 9.46. The first kappa shape index (κ1) is 23.1. The summed E-state index contributed by atoms with van der Waals surface area (Å²) in [5.41, 5.74) is 5.48. The average Bonchev–Trinajstić information content (AvgIpc) is 3.39. The van der Waals surface area contributed by atoms with Crippen molar-refractivity contribution in [3.05, 3.63) is 94.5 Å². The molecule has 33 heavy (non-hydrogen) atoms. The van der Waals surface area contributed by atoms with Crippen molar-refractivity contribution in [3.63, 3.8) is 0 Å². The van der Waals surface area contributed by atoms with E-state index < -0.39 is 18.0 Å². The molecule has 3 aromatic carbocycles. The summed E-state index contributed by atoms with van der Waals surface area (Å²) < 4.78 is 5.73. The van der Waals surface area contributed by atoms with Gasteiger partial charge in [0.05, 0.1) is 5.92 Å². The molecule has 170 valence electrons. The predicted molar refractivity (Wildman–Crippen MR) is 129 cm³/mol. The molecule has 1 aliphatic heterocycles. The lowest BCUT2D eigenvalue weighted by Crippen LogP contribution is -2.31. The van der Waals surface area contributed by atoms with Gasteiger partial charge in [-0.3, -0.25) is 4.79 Å². The molecular formula is C26H23Cl2NO4. The number of aliphatic carboxylic acids is 1. The highest BCUT2D eigenvalue weighted by molar-refractivity contribution is 6.30. The molecule has 1 N–H and O–H groups in total. The number of likely N-dealkylation sites (tertiary alicyclic amines) is 1. The summed E-state index contributed by atoms with van der Waals surface area (Å²) in [4.78, 5) is 26.3. The van der Waals surface area contributed by atoms with E-state index in [1.165, 1.54) is 16.0 Å². The lowest BCUT2D eigenvalue weighted by atomic mass is 9.89. The maximum absolute atomic E-state index is 12.9. The Morgan fingerprint density at radius 2 is 1.48 bits per heavy atom. The smallest absolute Gasteiger partial charge is 0.409 e. The predicted octanol–water partition coefficient (Wildman–Crippen LogP) is 5.81. The Kier molecular flexibility index (Phi) is 6.63. The molecule has 0 saturated carbocycles. The zero-order chi connectivity index (χ0) is 22.2. The number of rotatable bonds is 4. The van der Waals surface area contributed by atoms with Gasteiger partial charge in [-0.25, -0.2) is 4.79 Å². The topological polar surface area (TPSA) is 66.8 Å². The molecule has 0 radical (unpaired) electrons. The number of hydrogen-bond acceptors (Lipinski definition) is 3. The largest absolute Gasteiger partial charge is 0.481 e. The minimum absolute atomic E-state index is 0. The fourth-order valence-corrected chi connectivity index (χ4v) is 5.06. The van der Waals surface area contributed by atoms with Gasteiger partial charge in [-0.05, 0) is 39.9 Å². The fraction of sp³-hybridized carbons (Fsp3) is 0.231. The first-order chi connectivity index (χ1) is 15.5. The molecule has 0 bridgehead atoms. The Morgan fingerprint density at radius 3 is 2.06 bits per heavy atom. The molecule has 1 aliphatic carbocycles. The number of nitrogens with zero attached hydrogens (tertiary/aromatic N) is 1. The van der Waals surface area contributed by atoms with Crippen LogP contribution >= 0.6 is 24.0 Å². The van der Waals surface area contributed by atoms with Crippen LogP contribution in [0.4, 0.5) is 4.79 Å². The molecule has 1 fully saturated rings. The Morgan fingerprint density at radius 1 is 0.909 bits per heavy atom. The van der Waals surface area contributed by atoms with Crippen LogP contribution in [-0.4, -0.2) is 41.8 Å². The van der Waals surface area contributed by atoms with Crippen molar-refractivity contribution >= 4 is 36.1 Å². The highest BCUT2D eigenvalue weighted by atomic mass is 35.5.